The fourth-order valence-corrected chi connectivity index (χ4v) is 5.37. The van der Waals surface area contributed by atoms with Gasteiger partial charge in [-0.2, -0.15) is 4.31 Å². The number of carbonyl (C=O) groups is 2. The lowest BCUT2D eigenvalue weighted by molar-refractivity contribution is 0.0594. The molecule has 1 N–H and O–H groups in total. The van der Waals surface area contributed by atoms with Crippen molar-refractivity contribution in [2.24, 2.45) is 0 Å². The van der Waals surface area contributed by atoms with E-state index in [-0.39, 0.29) is 22.4 Å². The number of ketones is 1. The number of hydrogen-bond donors (Lipinski definition) is 1. The van der Waals surface area contributed by atoms with Gasteiger partial charge in [-0.1, -0.05) is 18.2 Å². The molecule has 3 rings (SSSR count). The van der Waals surface area contributed by atoms with E-state index in [9.17, 15) is 18.0 Å². The molecule has 8 heteroatoms. The fourth-order valence-electron chi connectivity index (χ4n) is 3.51. The van der Waals surface area contributed by atoms with Gasteiger partial charge in [0.2, 0.25) is 10.0 Å². The third-order valence-corrected chi connectivity index (χ3v) is 7.10. The highest BCUT2D eigenvalue weighted by Crippen LogP contribution is 2.35. The van der Waals surface area contributed by atoms with Gasteiger partial charge in [-0.15, -0.1) is 0 Å². The third kappa shape index (κ3) is 3.49. The molecule has 0 amide bonds. The summed E-state index contributed by atoms with van der Waals surface area (Å²) in [6.45, 7) is 4.94. The van der Waals surface area contributed by atoms with Crippen molar-refractivity contribution in [3.05, 3.63) is 52.8 Å². The van der Waals surface area contributed by atoms with Gasteiger partial charge in [-0.3, -0.25) is 4.79 Å². The van der Waals surface area contributed by atoms with E-state index in [0.29, 0.717) is 16.8 Å². The number of nitrogens with one attached hydrogen (secondary N) is 1. The van der Waals surface area contributed by atoms with Crippen LogP contribution in [0.3, 0.4) is 0 Å². The van der Waals surface area contributed by atoms with Crippen molar-refractivity contribution < 1.29 is 22.7 Å². The molecular weight excluding hydrogens is 380 g/mol. The molecule has 1 aromatic heterocycles. The first kappa shape index (κ1) is 20.3. The number of methoxy groups -OCH3 is 1. The van der Waals surface area contributed by atoms with E-state index < -0.39 is 22.0 Å². The van der Waals surface area contributed by atoms with Crippen LogP contribution in [-0.2, 0) is 14.8 Å². The summed E-state index contributed by atoms with van der Waals surface area (Å²) in [7, 11) is -2.55. The summed E-state index contributed by atoms with van der Waals surface area (Å²) in [6.07, 6.45) is 1.45. The van der Waals surface area contributed by atoms with Crippen molar-refractivity contribution in [2.75, 3.05) is 7.11 Å². The maximum absolute atomic E-state index is 13.3. The molecule has 2 aromatic rings. The Morgan fingerprint density at radius 2 is 1.79 bits per heavy atom. The molecule has 7 nitrogen and oxygen atoms in total. The van der Waals surface area contributed by atoms with E-state index in [4.69, 9.17) is 4.74 Å². The van der Waals surface area contributed by atoms with Gasteiger partial charge in [-0.05, 0) is 51.3 Å². The third-order valence-electron chi connectivity index (χ3n) is 5.06. The molecule has 1 saturated carbocycles. The predicted octanol–water partition coefficient (Wildman–Crippen LogP) is 2.84. The van der Waals surface area contributed by atoms with Gasteiger partial charge < -0.3 is 9.72 Å². The molecule has 1 aromatic carbocycles. The standard InChI is InChI=1S/C20H24N2O5S/c1-12-17(13(2)21-18(12)20(24)27-4)19(23)14(3)22(15-10-11-15)28(25,26)16-8-6-5-7-9-16/h5-9,14-15,21H,10-11H2,1-4H3/t14-/m0/s1. The minimum absolute atomic E-state index is 0.166. The zero-order valence-corrected chi connectivity index (χ0v) is 17.2. The molecule has 1 atom stereocenters. The quantitative estimate of drug-likeness (QED) is 0.565. The van der Waals surface area contributed by atoms with Crippen molar-refractivity contribution in [1.29, 1.82) is 0 Å². The number of rotatable bonds is 7. The second-order valence-corrected chi connectivity index (χ2v) is 8.88. The van der Waals surface area contributed by atoms with Gasteiger partial charge in [-0.25, -0.2) is 13.2 Å². The maximum Gasteiger partial charge on any atom is 0.354 e. The number of aromatic amines is 1. The van der Waals surface area contributed by atoms with Gasteiger partial charge in [0.15, 0.2) is 5.78 Å². The summed E-state index contributed by atoms with van der Waals surface area (Å²) in [5, 5.41) is 0. The highest BCUT2D eigenvalue weighted by Gasteiger charge is 2.44. The fraction of sp³-hybridized carbons (Fsp3) is 0.400. The summed E-state index contributed by atoms with van der Waals surface area (Å²) >= 11 is 0. The summed E-state index contributed by atoms with van der Waals surface area (Å²) in [5.41, 5.74) is 1.53. The molecule has 0 bridgehead atoms. The second kappa shape index (κ2) is 7.52. The number of nitrogens with zero attached hydrogens (tertiary/aromatic N) is 1. The monoisotopic (exact) mass is 404 g/mol. The van der Waals surface area contributed by atoms with Crippen LogP contribution in [0.15, 0.2) is 35.2 Å². The molecule has 28 heavy (non-hydrogen) atoms. The average Bonchev–Trinajstić information content (AvgIpc) is 3.45. The van der Waals surface area contributed by atoms with Crippen LogP contribution in [0.1, 0.15) is 51.9 Å². The normalized spacial score (nSPS) is 15.5. The Kier molecular flexibility index (Phi) is 5.45. The largest absolute Gasteiger partial charge is 0.464 e. The van der Waals surface area contributed by atoms with E-state index in [1.54, 1.807) is 39.0 Å². The number of Topliss-reactive ketones (excluding diaryl/α,β-unsaturated/α-hetero) is 1. The summed E-state index contributed by atoms with van der Waals surface area (Å²) in [5.74, 6) is -0.906. The molecule has 1 heterocycles. The molecule has 0 spiro atoms. The zero-order valence-electron chi connectivity index (χ0n) is 16.4. The van der Waals surface area contributed by atoms with Gasteiger partial charge in [0.1, 0.15) is 5.69 Å². The van der Waals surface area contributed by atoms with Crippen molar-refractivity contribution in [1.82, 2.24) is 9.29 Å². The van der Waals surface area contributed by atoms with Crippen molar-refractivity contribution in [2.45, 2.75) is 50.6 Å². The Morgan fingerprint density at radius 3 is 2.32 bits per heavy atom. The van der Waals surface area contributed by atoms with Crippen molar-refractivity contribution >= 4 is 21.8 Å². The lowest BCUT2D eigenvalue weighted by Crippen LogP contribution is -2.44. The first-order valence-electron chi connectivity index (χ1n) is 9.10. The second-order valence-electron chi connectivity index (χ2n) is 7.04. The number of sulfonamides is 1. The van der Waals surface area contributed by atoms with E-state index in [0.717, 1.165) is 12.8 Å². The molecule has 0 aliphatic heterocycles. The number of H-pyrrole nitrogens is 1. The maximum atomic E-state index is 13.3. The highest BCUT2D eigenvalue weighted by atomic mass is 32.2. The van der Waals surface area contributed by atoms with Gasteiger partial charge in [0.25, 0.3) is 0 Å². The first-order valence-corrected chi connectivity index (χ1v) is 10.5. The molecule has 0 saturated heterocycles. The number of aryl methyl sites for hydroxylation is 1. The minimum atomic E-state index is -3.82. The Morgan fingerprint density at radius 1 is 1.18 bits per heavy atom. The molecular formula is C20H24N2O5S. The van der Waals surface area contributed by atoms with Crippen LogP contribution in [0.5, 0.6) is 0 Å². The first-order chi connectivity index (χ1) is 13.2. The van der Waals surface area contributed by atoms with Crippen LogP contribution >= 0.6 is 0 Å². The van der Waals surface area contributed by atoms with Gasteiger partial charge in [0.05, 0.1) is 18.0 Å². The number of ether oxygens (including phenoxy) is 1. The van der Waals surface area contributed by atoms with Crippen molar-refractivity contribution in [3.8, 4) is 0 Å². The molecule has 0 radical (unpaired) electrons. The topological polar surface area (TPSA) is 96.5 Å². The van der Waals surface area contributed by atoms with Crippen LogP contribution in [0.25, 0.3) is 0 Å². The summed E-state index contributed by atoms with van der Waals surface area (Å²) in [4.78, 5) is 28.3. The van der Waals surface area contributed by atoms with Crippen LogP contribution in [0, 0.1) is 13.8 Å². The Labute approximate surface area is 164 Å². The number of aromatic nitrogens is 1. The van der Waals surface area contributed by atoms with Gasteiger partial charge >= 0.3 is 5.97 Å². The van der Waals surface area contributed by atoms with Gasteiger partial charge in [0, 0.05) is 17.3 Å². The SMILES string of the molecule is COC(=O)c1[nH]c(C)c(C(=O)[C@H](C)N(C2CC2)S(=O)(=O)c2ccccc2)c1C. The molecule has 150 valence electrons. The number of hydrogen-bond acceptors (Lipinski definition) is 5. The average molecular weight is 404 g/mol. The number of esters is 1. The Hall–Kier alpha value is -2.45. The predicted molar refractivity (Wildman–Crippen MR) is 104 cm³/mol. The highest BCUT2D eigenvalue weighted by molar-refractivity contribution is 7.89. The number of carbonyl (C=O) groups excluding carboxylic acids is 2. The Balaban J connectivity index is 2.00. The summed E-state index contributed by atoms with van der Waals surface area (Å²) in [6, 6.07) is 7.05. The smallest absolute Gasteiger partial charge is 0.354 e. The molecule has 1 fully saturated rings. The summed E-state index contributed by atoms with van der Waals surface area (Å²) < 4.78 is 32.5. The van der Waals surface area contributed by atoms with Crippen molar-refractivity contribution in [3.63, 3.8) is 0 Å². The molecule has 0 unspecified atom stereocenters. The van der Waals surface area contributed by atoms with E-state index >= 15 is 0 Å². The number of benzene rings is 1. The Bertz CT molecular complexity index is 1010. The lowest BCUT2D eigenvalue weighted by Gasteiger charge is -2.27. The van der Waals surface area contributed by atoms with Crippen LogP contribution < -0.4 is 0 Å². The minimum Gasteiger partial charge on any atom is -0.464 e. The zero-order chi connectivity index (χ0) is 20.6. The van der Waals surface area contributed by atoms with E-state index in [1.807, 2.05) is 0 Å². The molecule has 1 aliphatic rings. The van der Waals surface area contributed by atoms with Crippen LogP contribution in [0.4, 0.5) is 0 Å². The van der Waals surface area contributed by atoms with E-state index in [2.05, 4.69) is 4.98 Å². The van der Waals surface area contributed by atoms with Crippen LogP contribution in [-0.4, -0.2) is 48.7 Å². The van der Waals surface area contributed by atoms with E-state index in [1.165, 1.54) is 23.5 Å². The molecule has 1 aliphatic carbocycles. The van der Waals surface area contributed by atoms with Crippen LogP contribution in [0.2, 0.25) is 0 Å². The lowest BCUT2D eigenvalue weighted by atomic mass is 10.0.